The average Bonchev–Trinajstić information content (AvgIpc) is 2.60. The highest BCUT2D eigenvalue weighted by Gasteiger charge is 2.36. The number of hydrogen-bond acceptors (Lipinski definition) is 6. The molecule has 1 heterocycles. The van der Waals surface area contributed by atoms with Crippen molar-refractivity contribution in [1.29, 1.82) is 5.26 Å². The van der Waals surface area contributed by atoms with E-state index >= 15 is 0 Å². The van der Waals surface area contributed by atoms with E-state index in [-0.39, 0.29) is 5.78 Å². The molecule has 3 rings (SSSR count). The third-order valence-electron chi connectivity index (χ3n) is 4.67. The van der Waals surface area contributed by atoms with Gasteiger partial charge in [0.2, 0.25) is 0 Å². The van der Waals surface area contributed by atoms with E-state index in [4.69, 9.17) is 9.47 Å². The zero-order valence-electron chi connectivity index (χ0n) is 15.0. The molecule has 0 bridgehead atoms. The van der Waals surface area contributed by atoms with E-state index in [0.29, 0.717) is 29.1 Å². The molecule has 1 atom stereocenters. The van der Waals surface area contributed by atoms with E-state index in [1.54, 1.807) is 18.2 Å². The highest BCUT2D eigenvalue weighted by atomic mass is 16.6. The fourth-order valence-corrected chi connectivity index (χ4v) is 3.57. The summed E-state index contributed by atoms with van der Waals surface area (Å²) >= 11 is 0. The summed E-state index contributed by atoms with van der Waals surface area (Å²) in [5.74, 6) is -0.132. The molecule has 0 unspecified atom stereocenters. The van der Waals surface area contributed by atoms with Gasteiger partial charge in [0.1, 0.15) is 0 Å². The molecule has 0 amide bonds. The van der Waals surface area contributed by atoms with Gasteiger partial charge in [-0.25, -0.2) is 0 Å². The second-order valence-electron chi connectivity index (χ2n) is 6.38. The molecule has 2 aliphatic rings. The first-order chi connectivity index (χ1) is 12.5. The number of benzene rings is 1. The van der Waals surface area contributed by atoms with Gasteiger partial charge in [0.05, 0.1) is 24.7 Å². The van der Waals surface area contributed by atoms with E-state index < -0.39 is 11.9 Å². The van der Waals surface area contributed by atoms with Gasteiger partial charge in [-0.3, -0.25) is 9.59 Å². The summed E-state index contributed by atoms with van der Waals surface area (Å²) < 4.78 is 10.5. The van der Waals surface area contributed by atoms with Crippen LogP contribution in [0.4, 0.5) is 0 Å². The Bertz CT molecular complexity index is 890. The van der Waals surface area contributed by atoms with Gasteiger partial charge in [-0.2, -0.15) is 5.26 Å². The summed E-state index contributed by atoms with van der Waals surface area (Å²) in [6.45, 7) is 3.16. The second kappa shape index (κ2) is 7.04. The van der Waals surface area contributed by atoms with Gasteiger partial charge in [-0.1, -0.05) is 6.07 Å². The van der Waals surface area contributed by atoms with Crippen molar-refractivity contribution in [3.63, 3.8) is 0 Å². The maximum atomic E-state index is 12.6. The summed E-state index contributed by atoms with van der Waals surface area (Å²) in [6.07, 6.45) is 2.08. The second-order valence-corrected chi connectivity index (χ2v) is 6.38. The lowest BCUT2D eigenvalue weighted by Gasteiger charge is -2.32. The number of esters is 1. The molecule has 6 heteroatoms. The van der Waals surface area contributed by atoms with Crippen LogP contribution in [0.5, 0.6) is 11.5 Å². The summed E-state index contributed by atoms with van der Waals surface area (Å²) in [7, 11) is 1.48. The molecule has 1 aliphatic carbocycles. The Morgan fingerprint density at radius 2 is 2.08 bits per heavy atom. The monoisotopic (exact) mass is 352 g/mol. The molecule has 0 spiro atoms. The minimum absolute atomic E-state index is 0.0621. The Morgan fingerprint density at radius 1 is 1.31 bits per heavy atom. The molecule has 0 saturated heterocycles. The van der Waals surface area contributed by atoms with E-state index in [2.05, 4.69) is 11.4 Å². The maximum absolute atomic E-state index is 12.6. The molecule has 1 aromatic carbocycles. The van der Waals surface area contributed by atoms with Crippen molar-refractivity contribution in [2.75, 3.05) is 7.11 Å². The number of dihydropyridines is 1. The Hall–Kier alpha value is -3.07. The lowest BCUT2D eigenvalue weighted by molar-refractivity contribution is -0.132. The van der Waals surface area contributed by atoms with E-state index in [9.17, 15) is 14.9 Å². The Balaban J connectivity index is 2.13. The summed E-state index contributed by atoms with van der Waals surface area (Å²) in [5.41, 5.74) is 3.58. The van der Waals surface area contributed by atoms with E-state index in [1.807, 2.05) is 6.92 Å². The van der Waals surface area contributed by atoms with Crippen LogP contribution in [0.1, 0.15) is 44.6 Å². The molecule has 1 aliphatic heterocycles. The molecule has 134 valence electrons. The minimum atomic E-state index is -0.446. The molecule has 0 saturated carbocycles. The Kier molecular flexibility index (Phi) is 4.81. The predicted octanol–water partition coefficient (Wildman–Crippen LogP) is 3.11. The standard InChI is InChI=1S/C20H20N2O4/c1-11-14(10-21)19(20-15(22-11)5-4-6-16(20)24)13-7-8-17(26-12(2)23)18(9-13)25-3/h7-9,19,22H,4-6H2,1-3H3/t19-/m0/s1. The van der Waals surface area contributed by atoms with Crippen LogP contribution >= 0.6 is 0 Å². The number of allylic oxidation sites excluding steroid dienone is 4. The molecular weight excluding hydrogens is 332 g/mol. The number of nitriles is 1. The van der Waals surface area contributed by atoms with Gasteiger partial charge < -0.3 is 14.8 Å². The van der Waals surface area contributed by atoms with Crippen LogP contribution in [0.3, 0.4) is 0 Å². The molecule has 6 nitrogen and oxygen atoms in total. The van der Waals surface area contributed by atoms with Crippen LogP contribution in [-0.2, 0) is 9.59 Å². The molecule has 0 radical (unpaired) electrons. The van der Waals surface area contributed by atoms with Crippen LogP contribution in [-0.4, -0.2) is 18.9 Å². The smallest absolute Gasteiger partial charge is 0.308 e. The topological polar surface area (TPSA) is 88.4 Å². The van der Waals surface area contributed by atoms with Crippen molar-refractivity contribution in [3.8, 4) is 17.6 Å². The number of Topliss-reactive ketones (excluding diaryl/α,β-unsaturated/α-hetero) is 1. The van der Waals surface area contributed by atoms with E-state index in [0.717, 1.165) is 29.8 Å². The lowest BCUT2D eigenvalue weighted by atomic mass is 9.75. The summed E-state index contributed by atoms with van der Waals surface area (Å²) in [4.78, 5) is 23.9. The molecule has 1 aromatic rings. The van der Waals surface area contributed by atoms with Crippen LogP contribution < -0.4 is 14.8 Å². The van der Waals surface area contributed by atoms with Crippen molar-refractivity contribution in [2.24, 2.45) is 0 Å². The van der Waals surface area contributed by atoms with Gasteiger partial charge in [0, 0.05) is 30.3 Å². The molecule has 1 N–H and O–H groups in total. The SMILES string of the molecule is COc1cc([C@H]2C(C#N)=C(C)NC3=C2C(=O)CCC3)ccc1OC(C)=O. The van der Waals surface area contributed by atoms with Crippen LogP contribution in [0.25, 0.3) is 0 Å². The van der Waals surface area contributed by atoms with Crippen LogP contribution in [0.2, 0.25) is 0 Å². The average molecular weight is 352 g/mol. The molecule has 0 aromatic heterocycles. The van der Waals surface area contributed by atoms with Crippen molar-refractivity contribution in [2.45, 2.75) is 39.0 Å². The molecular formula is C20H20N2O4. The molecule has 0 fully saturated rings. The Labute approximate surface area is 152 Å². The normalized spacial score (nSPS) is 19.5. The van der Waals surface area contributed by atoms with Crippen molar-refractivity contribution >= 4 is 11.8 Å². The first kappa shape index (κ1) is 17.7. The van der Waals surface area contributed by atoms with Crippen LogP contribution in [0, 0.1) is 11.3 Å². The predicted molar refractivity (Wildman–Crippen MR) is 94.4 cm³/mol. The number of carbonyl (C=O) groups excluding carboxylic acids is 2. The largest absolute Gasteiger partial charge is 0.493 e. The number of ether oxygens (including phenoxy) is 2. The lowest BCUT2D eigenvalue weighted by Crippen LogP contribution is -2.31. The third-order valence-corrected chi connectivity index (χ3v) is 4.67. The van der Waals surface area contributed by atoms with Gasteiger partial charge in [-0.05, 0) is 37.5 Å². The maximum Gasteiger partial charge on any atom is 0.308 e. The first-order valence-corrected chi connectivity index (χ1v) is 8.46. The fraction of sp³-hybridized carbons (Fsp3) is 0.350. The first-order valence-electron chi connectivity index (χ1n) is 8.46. The number of nitrogens with zero attached hydrogens (tertiary/aromatic N) is 1. The highest BCUT2D eigenvalue weighted by molar-refractivity contribution is 5.99. The Morgan fingerprint density at radius 3 is 2.73 bits per heavy atom. The number of ketones is 1. The number of hydrogen-bond donors (Lipinski definition) is 1. The minimum Gasteiger partial charge on any atom is -0.493 e. The van der Waals surface area contributed by atoms with Gasteiger partial charge in [0.25, 0.3) is 0 Å². The number of rotatable bonds is 3. The summed E-state index contributed by atoms with van der Waals surface area (Å²) in [6, 6.07) is 7.38. The zero-order valence-corrected chi connectivity index (χ0v) is 15.0. The summed E-state index contributed by atoms with van der Waals surface area (Å²) in [5, 5.41) is 12.9. The third kappa shape index (κ3) is 3.08. The van der Waals surface area contributed by atoms with Gasteiger partial charge in [-0.15, -0.1) is 0 Å². The van der Waals surface area contributed by atoms with Crippen molar-refractivity contribution in [1.82, 2.24) is 5.32 Å². The number of nitrogens with one attached hydrogen (secondary N) is 1. The highest BCUT2D eigenvalue weighted by Crippen LogP contribution is 2.43. The van der Waals surface area contributed by atoms with Gasteiger partial charge >= 0.3 is 5.97 Å². The van der Waals surface area contributed by atoms with Crippen molar-refractivity contribution < 1.29 is 19.1 Å². The van der Waals surface area contributed by atoms with Crippen molar-refractivity contribution in [3.05, 3.63) is 46.3 Å². The fourth-order valence-electron chi connectivity index (χ4n) is 3.57. The van der Waals surface area contributed by atoms with Crippen LogP contribution in [0.15, 0.2) is 40.7 Å². The van der Waals surface area contributed by atoms with E-state index in [1.165, 1.54) is 14.0 Å². The number of methoxy groups -OCH3 is 1. The number of carbonyl (C=O) groups is 2. The van der Waals surface area contributed by atoms with Gasteiger partial charge in [0.15, 0.2) is 17.3 Å². The molecule has 26 heavy (non-hydrogen) atoms. The quantitative estimate of drug-likeness (QED) is 0.664. The zero-order chi connectivity index (χ0) is 18.8.